The number of hydrogen-bond acceptors (Lipinski definition) is 8. The van der Waals surface area contributed by atoms with Gasteiger partial charge in [-0.1, -0.05) is 0 Å². The van der Waals surface area contributed by atoms with Crippen molar-refractivity contribution in [2.45, 2.75) is 37.8 Å². The highest BCUT2D eigenvalue weighted by atomic mass is 19.1. The number of nitrogens with one attached hydrogen (secondary N) is 2. The van der Waals surface area contributed by atoms with Crippen molar-refractivity contribution in [1.29, 1.82) is 0 Å². The quantitative estimate of drug-likeness (QED) is 0.577. The van der Waals surface area contributed by atoms with E-state index in [2.05, 4.69) is 20.6 Å². The van der Waals surface area contributed by atoms with Gasteiger partial charge in [-0.05, 0) is 18.2 Å². The number of pyridine rings is 3. The molecule has 3 aromatic rings. The minimum absolute atomic E-state index is 0.00738. The number of nitrogens with zero attached hydrogens (tertiary/aromatic N) is 3. The zero-order valence-corrected chi connectivity index (χ0v) is 18.1. The summed E-state index contributed by atoms with van der Waals surface area (Å²) >= 11 is 0. The Kier molecular flexibility index (Phi) is 5.24. The van der Waals surface area contributed by atoms with Crippen molar-refractivity contribution in [2.24, 2.45) is 0 Å². The summed E-state index contributed by atoms with van der Waals surface area (Å²) in [5, 5.41) is 6.03. The number of rotatable bonds is 5. The van der Waals surface area contributed by atoms with Gasteiger partial charge >= 0.3 is 0 Å². The largest absolute Gasteiger partial charge is 0.480 e. The van der Waals surface area contributed by atoms with Crippen LogP contribution in [-0.4, -0.2) is 52.6 Å². The molecule has 3 aliphatic rings. The molecule has 0 bridgehead atoms. The van der Waals surface area contributed by atoms with E-state index in [1.54, 1.807) is 16.7 Å². The van der Waals surface area contributed by atoms with E-state index in [9.17, 15) is 14.0 Å². The summed E-state index contributed by atoms with van der Waals surface area (Å²) in [5.74, 6) is 0.0968. The molecule has 2 N–H and O–H groups in total. The van der Waals surface area contributed by atoms with E-state index in [4.69, 9.17) is 14.2 Å². The first kappa shape index (κ1) is 21.1. The van der Waals surface area contributed by atoms with Crippen LogP contribution in [-0.2, 0) is 27.4 Å². The molecule has 1 amide bonds. The lowest BCUT2D eigenvalue weighted by molar-refractivity contribution is -0.194. The molecule has 6 rings (SSSR count). The lowest BCUT2D eigenvalue weighted by Crippen LogP contribution is -2.44. The second kappa shape index (κ2) is 8.42. The standard InChI is InChI=1S/C23H22FN5O5/c24-15-7-26-16-2-4-19(31)29-8-12(21(15)22(16)29)5-20-33-9-14(10-34-20)25-6-13-1-3-17-23(27-13)28-18(30)11-32-17/h1-4,7,12,14,20,25H,5-6,8-11H2,(H,27,28,30). The molecular weight excluding hydrogens is 445 g/mol. The number of aromatic nitrogens is 3. The third-order valence-corrected chi connectivity index (χ3v) is 6.35. The molecule has 3 aliphatic heterocycles. The summed E-state index contributed by atoms with van der Waals surface area (Å²) in [6, 6.07) is 6.65. The highest BCUT2D eigenvalue weighted by Gasteiger charge is 2.33. The fraction of sp³-hybridized carbons (Fsp3) is 0.391. The molecule has 1 saturated heterocycles. The van der Waals surface area contributed by atoms with E-state index in [1.165, 1.54) is 12.3 Å². The Morgan fingerprint density at radius 2 is 2.03 bits per heavy atom. The molecular formula is C23H22FN5O5. The average molecular weight is 467 g/mol. The first-order chi connectivity index (χ1) is 16.5. The van der Waals surface area contributed by atoms with Gasteiger partial charge in [0.25, 0.3) is 11.5 Å². The van der Waals surface area contributed by atoms with Crippen molar-refractivity contribution in [3.05, 3.63) is 57.9 Å². The zero-order valence-electron chi connectivity index (χ0n) is 18.1. The number of hydrogen-bond donors (Lipinski definition) is 2. The first-order valence-electron chi connectivity index (χ1n) is 11.1. The van der Waals surface area contributed by atoms with E-state index >= 15 is 0 Å². The number of halogens is 1. The average Bonchev–Trinajstić information content (AvgIpc) is 3.23. The monoisotopic (exact) mass is 467 g/mol. The fourth-order valence-corrected chi connectivity index (χ4v) is 4.72. The number of fused-ring (bicyclic) bond motifs is 1. The molecule has 0 spiro atoms. The van der Waals surface area contributed by atoms with Crippen LogP contribution < -0.4 is 20.9 Å². The van der Waals surface area contributed by atoms with Gasteiger partial charge in [0.2, 0.25) is 0 Å². The minimum Gasteiger partial charge on any atom is -0.480 e. The van der Waals surface area contributed by atoms with E-state index in [-0.39, 0.29) is 30.0 Å². The molecule has 0 aromatic carbocycles. The number of anilines is 1. The molecule has 0 saturated carbocycles. The second-order valence-electron chi connectivity index (χ2n) is 8.63. The molecule has 6 heterocycles. The van der Waals surface area contributed by atoms with Gasteiger partial charge in [-0.3, -0.25) is 14.6 Å². The molecule has 11 heteroatoms. The van der Waals surface area contributed by atoms with Gasteiger partial charge in [0.1, 0.15) is 5.82 Å². The van der Waals surface area contributed by atoms with Crippen LogP contribution in [0, 0.1) is 5.82 Å². The topological polar surface area (TPSA) is 117 Å². The van der Waals surface area contributed by atoms with Crippen molar-refractivity contribution < 1.29 is 23.4 Å². The predicted molar refractivity (Wildman–Crippen MR) is 118 cm³/mol. The summed E-state index contributed by atoms with van der Waals surface area (Å²) in [6.07, 6.45) is 1.15. The maximum absolute atomic E-state index is 14.6. The SMILES string of the molecule is O=C1COc2ccc(CNC3COC(CC4Cn5c(=O)ccc6ncc(F)c4c65)OC3)nc2N1. The minimum atomic E-state index is -0.495. The Labute approximate surface area is 193 Å². The van der Waals surface area contributed by atoms with Crippen LogP contribution in [0.15, 0.2) is 35.3 Å². The third kappa shape index (κ3) is 3.81. The van der Waals surface area contributed by atoms with E-state index in [0.717, 1.165) is 5.69 Å². The van der Waals surface area contributed by atoms with E-state index in [1.807, 2.05) is 6.07 Å². The Morgan fingerprint density at radius 3 is 2.88 bits per heavy atom. The summed E-state index contributed by atoms with van der Waals surface area (Å²) in [7, 11) is 0. The molecule has 10 nitrogen and oxygen atoms in total. The van der Waals surface area contributed by atoms with Gasteiger partial charge in [0, 0.05) is 37.1 Å². The van der Waals surface area contributed by atoms with Crippen LogP contribution in [0.2, 0.25) is 0 Å². The van der Waals surface area contributed by atoms with Gasteiger partial charge in [-0.25, -0.2) is 9.37 Å². The summed E-state index contributed by atoms with van der Waals surface area (Å²) < 4.78 is 33.3. The van der Waals surface area contributed by atoms with Gasteiger partial charge in [-0.15, -0.1) is 0 Å². The summed E-state index contributed by atoms with van der Waals surface area (Å²) in [6.45, 7) is 1.68. The van der Waals surface area contributed by atoms with Crippen LogP contribution in [0.1, 0.15) is 23.6 Å². The predicted octanol–water partition coefficient (Wildman–Crippen LogP) is 1.28. The smallest absolute Gasteiger partial charge is 0.263 e. The van der Waals surface area contributed by atoms with Gasteiger partial charge < -0.3 is 29.4 Å². The van der Waals surface area contributed by atoms with Crippen molar-refractivity contribution >= 4 is 22.8 Å². The Bertz CT molecular complexity index is 1340. The van der Waals surface area contributed by atoms with Gasteiger partial charge in [0.15, 0.2) is 24.5 Å². The van der Waals surface area contributed by atoms with Crippen molar-refractivity contribution in [3.8, 4) is 5.75 Å². The fourth-order valence-electron chi connectivity index (χ4n) is 4.72. The summed E-state index contributed by atoms with van der Waals surface area (Å²) in [4.78, 5) is 32.3. The first-order valence-corrected chi connectivity index (χ1v) is 11.1. The van der Waals surface area contributed by atoms with Crippen molar-refractivity contribution in [3.63, 3.8) is 0 Å². The van der Waals surface area contributed by atoms with Gasteiger partial charge in [0.05, 0.1) is 42.2 Å². The van der Waals surface area contributed by atoms with Crippen molar-refractivity contribution in [2.75, 3.05) is 25.1 Å². The lowest BCUT2D eigenvalue weighted by atomic mass is 9.97. The van der Waals surface area contributed by atoms with Crippen LogP contribution in [0.5, 0.6) is 5.75 Å². The molecule has 1 fully saturated rings. The van der Waals surface area contributed by atoms with E-state index in [0.29, 0.717) is 60.9 Å². The molecule has 34 heavy (non-hydrogen) atoms. The number of carbonyl (C=O) groups excluding carboxylic acids is 1. The third-order valence-electron chi connectivity index (χ3n) is 6.35. The maximum Gasteiger partial charge on any atom is 0.263 e. The van der Waals surface area contributed by atoms with Crippen LogP contribution >= 0.6 is 0 Å². The molecule has 176 valence electrons. The molecule has 1 atom stereocenters. The Hall–Kier alpha value is -3.41. The second-order valence-corrected chi connectivity index (χ2v) is 8.63. The zero-order chi connectivity index (χ0) is 23.2. The number of carbonyl (C=O) groups is 1. The van der Waals surface area contributed by atoms with Crippen LogP contribution in [0.3, 0.4) is 0 Å². The lowest BCUT2D eigenvalue weighted by Gasteiger charge is -2.31. The summed E-state index contributed by atoms with van der Waals surface area (Å²) in [5.41, 5.74) is 2.25. The number of ether oxygens (including phenoxy) is 3. The van der Waals surface area contributed by atoms with Crippen LogP contribution in [0.4, 0.5) is 10.2 Å². The van der Waals surface area contributed by atoms with Gasteiger partial charge in [-0.2, -0.15) is 0 Å². The normalized spacial score (nSPS) is 23.4. The van der Waals surface area contributed by atoms with Crippen molar-refractivity contribution in [1.82, 2.24) is 19.9 Å². The Balaban J connectivity index is 1.06. The number of amides is 1. The Morgan fingerprint density at radius 1 is 1.18 bits per heavy atom. The van der Waals surface area contributed by atoms with E-state index < -0.39 is 12.1 Å². The maximum atomic E-state index is 14.6. The highest BCUT2D eigenvalue weighted by molar-refractivity contribution is 5.94. The molecule has 3 aromatic heterocycles. The molecule has 0 radical (unpaired) electrons. The molecule has 0 aliphatic carbocycles. The van der Waals surface area contributed by atoms with Crippen LogP contribution in [0.25, 0.3) is 11.0 Å². The molecule has 1 unspecified atom stereocenters. The highest BCUT2D eigenvalue weighted by Crippen LogP contribution is 2.37.